The highest BCUT2D eigenvalue weighted by molar-refractivity contribution is 7.89. The number of likely N-dealkylation sites (N-methyl/N-ethyl adjacent to an activating group) is 1. The summed E-state index contributed by atoms with van der Waals surface area (Å²) in [5.41, 5.74) is 0.598. The van der Waals surface area contributed by atoms with Gasteiger partial charge in [-0.25, -0.2) is 9.67 Å². The number of fused-ring (bicyclic) bond motifs is 1. The first-order valence-corrected chi connectivity index (χ1v) is 10.1. The minimum atomic E-state index is -1.28. The normalized spacial score (nSPS) is 17.3. The molecule has 1 aliphatic heterocycles. The predicted molar refractivity (Wildman–Crippen MR) is 107 cm³/mol. The lowest BCUT2D eigenvalue weighted by atomic mass is 10.2. The number of piperazine rings is 1. The Hall–Kier alpha value is -2.40. The van der Waals surface area contributed by atoms with Crippen molar-refractivity contribution >= 4 is 22.3 Å². The van der Waals surface area contributed by atoms with Crippen molar-refractivity contribution in [1.29, 1.82) is 0 Å². The molecular formula is C18H22N6O3S. The second-order valence-corrected chi connectivity index (χ2v) is 8.49. The Morgan fingerprint density at radius 2 is 1.86 bits per heavy atom. The third-order valence-electron chi connectivity index (χ3n) is 5.23. The topological polar surface area (TPSA) is 102 Å². The van der Waals surface area contributed by atoms with E-state index in [1.807, 2.05) is 11.4 Å². The summed E-state index contributed by atoms with van der Waals surface area (Å²) in [6.07, 6.45) is 1.54. The highest BCUT2D eigenvalue weighted by Gasteiger charge is 2.26. The van der Waals surface area contributed by atoms with Crippen molar-refractivity contribution in [3.05, 3.63) is 50.8 Å². The van der Waals surface area contributed by atoms with Crippen LogP contribution in [0, 0.1) is 6.92 Å². The second-order valence-electron chi connectivity index (χ2n) is 7.00. The number of hydrogen-bond donors (Lipinski definition) is 1. The fraction of sp³-hybridized carbons (Fsp3) is 0.389. The highest BCUT2D eigenvalue weighted by Crippen LogP contribution is 2.18. The van der Waals surface area contributed by atoms with Gasteiger partial charge in [-0.3, -0.25) is 14.7 Å². The number of nitrogens with zero attached hydrogens (tertiary/aromatic N) is 5. The van der Waals surface area contributed by atoms with Crippen LogP contribution in [0.5, 0.6) is 0 Å². The Balaban J connectivity index is 1.66. The fourth-order valence-electron chi connectivity index (χ4n) is 3.33. The van der Waals surface area contributed by atoms with E-state index in [-0.39, 0.29) is 11.1 Å². The molecule has 9 nitrogen and oxygen atoms in total. The van der Waals surface area contributed by atoms with E-state index in [2.05, 4.69) is 15.0 Å². The van der Waals surface area contributed by atoms with Gasteiger partial charge in [-0.1, -0.05) is 0 Å². The van der Waals surface area contributed by atoms with Crippen molar-refractivity contribution < 1.29 is 4.55 Å². The summed E-state index contributed by atoms with van der Waals surface area (Å²) in [7, 11) is 3.68. The average Bonchev–Trinajstić information content (AvgIpc) is 3.02. The summed E-state index contributed by atoms with van der Waals surface area (Å²) in [6.45, 7) is 4.96. The van der Waals surface area contributed by atoms with Crippen molar-refractivity contribution in [3.63, 3.8) is 0 Å². The Kier molecular flexibility index (Phi) is 4.88. The summed E-state index contributed by atoms with van der Waals surface area (Å²) in [5.74, 6) is 0.384. The van der Waals surface area contributed by atoms with Crippen LogP contribution in [-0.4, -0.2) is 66.3 Å². The van der Waals surface area contributed by atoms with E-state index in [4.69, 9.17) is 0 Å². The van der Waals surface area contributed by atoms with E-state index in [9.17, 15) is 14.1 Å². The minimum absolute atomic E-state index is 0.190. The van der Waals surface area contributed by atoms with Crippen molar-refractivity contribution in [2.75, 3.05) is 33.2 Å². The molecule has 0 aromatic carbocycles. The molecule has 4 rings (SSSR count). The number of aromatic nitrogens is 4. The molecule has 3 aromatic heterocycles. The molecule has 0 radical (unpaired) electrons. The zero-order chi connectivity index (χ0) is 20.0. The summed E-state index contributed by atoms with van der Waals surface area (Å²) in [6, 6.07) is 4.78. The van der Waals surface area contributed by atoms with E-state index < -0.39 is 11.4 Å². The first-order valence-electron chi connectivity index (χ1n) is 9.00. The number of H-pyrrole nitrogens is 1. The van der Waals surface area contributed by atoms with Gasteiger partial charge in [0.2, 0.25) is 0 Å². The van der Waals surface area contributed by atoms with E-state index >= 15 is 0 Å². The SMILES string of the molecule is Cc1c2c(=O)n(-c3ccc([S+]([O-])N4CCN(C)CC4)cn3)[nH]c2cc(=O)n1C. The largest absolute Gasteiger partial charge is 0.593 e. The lowest BCUT2D eigenvalue weighted by molar-refractivity contribution is 0.222. The quantitative estimate of drug-likeness (QED) is 0.619. The van der Waals surface area contributed by atoms with Gasteiger partial charge in [0.1, 0.15) is 0 Å². The first-order chi connectivity index (χ1) is 13.4. The number of pyridine rings is 2. The Morgan fingerprint density at radius 3 is 2.50 bits per heavy atom. The summed E-state index contributed by atoms with van der Waals surface area (Å²) >= 11 is -1.28. The molecule has 0 aliphatic carbocycles. The Bertz CT molecular complexity index is 1130. The third-order valence-corrected chi connectivity index (χ3v) is 6.71. The smallest absolute Gasteiger partial charge is 0.282 e. The van der Waals surface area contributed by atoms with E-state index in [0.717, 1.165) is 26.2 Å². The first kappa shape index (κ1) is 18.9. The van der Waals surface area contributed by atoms with Gasteiger partial charge in [0.15, 0.2) is 10.7 Å². The number of nitrogens with one attached hydrogen (secondary N) is 1. The van der Waals surface area contributed by atoms with Crippen molar-refractivity contribution in [2.45, 2.75) is 11.8 Å². The van der Waals surface area contributed by atoms with E-state index in [1.54, 1.807) is 26.1 Å². The van der Waals surface area contributed by atoms with Crippen molar-refractivity contribution in [1.82, 2.24) is 28.5 Å². The van der Waals surface area contributed by atoms with Crippen LogP contribution < -0.4 is 11.1 Å². The van der Waals surface area contributed by atoms with Gasteiger partial charge in [0.05, 0.1) is 41.6 Å². The molecule has 1 unspecified atom stereocenters. The lowest BCUT2D eigenvalue weighted by Crippen LogP contribution is -2.47. The van der Waals surface area contributed by atoms with Crippen LogP contribution in [0.25, 0.3) is 16.7 Å². The van der Waals surface area contributed by atoms with Crippen LogP contribution in [-0.2, 0) is 18.4 Å². The maximum Gasteiger partial charge on any atom is 0.282 e. The minimum Gasteiger partial charge on any atom is -0.593 e. The lowest BCUT2D eigenvalue weighted by Gasteiger charge is -2.31. The number of rotatable bonds is 3. The molecule has 0 amide bonds. The molecule has 0 spiro atoms. The van der Waals surface area contributed by atoms with Gasteiger partial charge in [-0.15, -0.1) is 4.31 Å². The van der Waals surface area contributed by atoms with Gasteiger partial charge >= 0.3 is 0 Å². The van der Waals surface area contributed by atoms with Gasteiger partial charge in [0.25, 0.3) is 11.1 Å². The second kappa shape index (κ2) is 7.21. The van der Waals surface area contributed by atoms with Crippen LogP contribution >= 0.6 is 0 Å². The molecule has 1 fully saturated rings. The molecule has 1 N–H and O–H groups in total. The molecule has 148 valence electrons. The summed E-state index contributed by atoms with van der Waals surface area (Å²) in [4.78, 5) is 31.9. The van der Waals surface area contributed by atoms with Gasteiger partial charge in [0, 0.05) is 38.0 Å². The maximum absolute atomic E-state index is 12.8. The number of aryl methyl sites for hydroxylation is 1. The Labute approximate surface area is 164 Å². The Morgan fingerprint density at radius 1 is 1.14 bits per heavy atom. The highest BCUT2D eigenvalue weighted by atomic mass is 32.2. The standard InChI is InChI=1S/C18H22N6O3S/c1-12-17-14(10-16(25)22(12)3)20-24(18(17)26)15-5-4-13(11-19-15)28(27)23-8-6-21(2)7-9-23/h4-5,10-11,20H,6-9H2,1-3H3. The van der Waals surface area contributed by atoms with Crippen LogP contribution in [0.3, 0.4) is 0 Å². The summed E-state index contributed by atoms with van der Waals surface area (Å²) < 4.78 is 17.4. The van der Waals surface area contributed by atoms with Gasteiger partial charge < -0.3 is 14.0 Å². The molecule has 0 saturated carbocycles. The van der Waals surface area contributed by atoms with Crippen LogP contribution in [0.1, 0.15) is 5.69 Å². The number of hydrogen-bond acceptors (Lipinski definition) is 6. The van der Waals surface area contributed by atoms with Crippen molar-refractivity contribution in [3.8, 4) is 5.82 Å². The molecular weight excluding hydrogens is 380 g/mol. The third kappa shape index (κ3) is 3.18. The molecule has 1 saturated heterocycles. The molecule has 3 aromatic rings. The van der Waals surface area contributed by atoms with Gasteiger partial charge in [-0.05, 0) is 20.0 Å². The van der Waals surface area contributed by atoms with Crippen LogP contribution in [0.15, 0.2) is 38.9 Å². The maximum atomic E-state index is 12.8. The van der Waals surface area contributed by atoms with Crippen molar-refractivity contribution in [2.24, 2.45) is 7.05 Å². The fourth-order valence-corrected chi connectivity index (χ4v) is 4.45. The predicted octanol–water partition coefficient (Wildman–Crippen LogP) is -0.00908. The van der Waals surface area contributed by atoms with Gasteiger partial charge in [-0.2, -0.15) is 0 Å². The molecule has 28 heavy (non-hydrogen) atoms. The molecule has 0 bridgehead atoms. The zero-order valence-electron chi connectivity index (χ0n) is 16.0. The monoisotopic (exact) mass is 402 g/mol. The van der Waals surface area contributed by atoms with Crippen LogP contribution in [0.4, 0.5) is 0 Å². The number of aromatic amines is 1. The molecule has 1 atom stereocenters. The molecule has 1 aliphatic rings. The average molecular weight is 402 g/mol. The van der Waals surface area contributed by atoms with Crippen LogP contribution in [0.2, 0.25) is 0 Å². The zero-order valence-corrected chi connectivity index (χ0v) is 16.8. The van der Waals surface area contributed by atoms with E-state index in [1.165, 1.54) is 21.5 Å². The van der Waals surface area contributed by atoms with E-state index in [0.29, 0.717) is 27.3 Å². The molecule has 4 heterocycles. The molecule has 10 heteroatoms. The summed E-state index contributed by atoms with van der Waals surface area (Å²) in [5, 5.41) is 3.40.